The van der Waals surface area contributed by atoms with Crippen LogP contribution in [0, 0.1) is 0 Å². The fraction of sp³-hybridized carbons (Fsp3) is 0.750. The summed E-state index contributed by atoms with van der Waals surface area (Å²) in [6, 6.07) is 0. The average molecular weight is 304 g/mol. The van der Waals surface area contributed by atoms with Crippen molar-refractivity contribution in [2.45, 2.75) is 43.7 Å². The van der Waals surface area contributed by atoms with E-state index >= 15 is 0 Å². The Balaban J connectivity index is 1.40. The van der Waals surface area contributed by atoms with E-state index < -0.39 is 0 Å². The molecule has 3 fully saturated rings. The molecular weight excluding hydrogens is 280 g/mol. The van der Waals surface area contributed by atoms with E-state index in [0.29, 0.717) is 0 Å². The summed E-state index contributed by atoms with van der Waals surface area (Å²) in [6.07, 6.45) is 6.33. The minimum Gasteiger partial charge on any atom is -0.441 e. The second kappa shape index (κ2) is 4.98. The smallest absolute Gasteiger partial charge is 0.410 e. The van der Waals surface area contributed by atoms with Crippen molar-refractivity contribution in [3.8, 4) is 0 Å². The molecule has 22 heavy (non-hydrogen) atoms. The molecule has 4 rings (SSSR count). The van der Waals surface area contributed by atoms with Gasteiger partial charge in [0, 0.05) is 63.7 Å². The number of piperidine rings is 1. The quantitative estimate of drug-likeness (QED) is 0.853. The average Bonchev–Trinajstić information content (AvgIpc) is 3.20. The van der Waals surface area contributed by atoms with E-state index in [-0.39, 0.29) is 11.7 Å². The zero-order chi connectivity index (χ0) is 15.3. The Labute approximate surface area is 131 Å². The van der Waals surface area contributed by atoms with Crippen LogP contribution in [0.2, 0.25) is 0 Å². The lowest BCUT2D eigenvalue weighted by molar-refractivity contribution is -0.00125. The first-order chi connectivity index (χ1) is 10.6. The van der Waals surface area contributed by atoms with Gasteiger partial charge >= 0.3 is 6.09 Å². The van der Waals surface area contributed by atoms with E-state index in [1.807, 2.05) is 17.9 Å². The molecule has 6 heteroatoms. The fourth-order valence-corrected chi connectivity index (χ4v) is 3.91. The van der Waals surface area contributed by atoms with Crippen LogP contribution in [0.1, 0.15) is 42.9 Å². The number of aryl methyl sites for hydroxylation is 1. The molecule has 1 aromatic rings. The standard InChI is InChI=1S/C16H24N4O2/c1-18-11-16(22-15(18)21)5-7-20(8-6-16)10-13-9-17-19(2)14(13)12-3-4-12/h9,12H,3-8,10-11H2,1-2H3. The molecule has 1 saturated carbocycles. The Morgan fingerprint density at radius 2 is 2.05 bits per heavy atom. The van der Waals surface area contributed by atoms with Gasteiger partial charge in [0.25, 0.3) is 0 Å². The van der Waals surface area contributed by atoms with Gasteiger partial charge in [-0.05, 0) is 12.8 Å². The third-order valence-corrected chi connectivity index (χ3v) is 5.33. The van der Waals surface area contributed by atoms with Gasteiger partial charge in [-0.2, -0.15) is 5.10 Å². The molecule has 0 atom stereocenters. The topological polar surface area (TPSA) is 50.6 Å². The van der Waals surface area contributed by atoms with Crippen molar-refractivity contribution >= 4 is 6.09 Å². The molecule has 1 amide bonds. The molecule has 120 valence electrons. The summed E-state index contributed by atoms with van der Waals surface area (Å²) in [6.45, 7) is 3.68. The Bertz CT molecular complexity index is 585. The summed E-state index contributed by atoms with van der Waals surface area (Å²) in [5.74, 6) is 0.725. The minimum absolute atomic E-state index is 0.170. The number of likely N-dealkylation sites (N-methyl/N-ethyl adjacent to an activating group) is 1. The first kappa shape index (κ1) is 14.1. The third kappa shape index (κ3) is 2.39. The maximum absolute atomic E-state index is 11.6. The van der Waals surface area contributed by atoms with Gasteiger partial charge in [0.05, 0.1) is 12.7 Å². The molecule has 0 aromatic carbocycles. The second-order valence-corrected chi connectivity index (χ2v) is 7.14. The van der Waals surface area contributed by atoms with Crippen molar-refractivity contribution in [2.75, 3.05) is 26.7 Å². The van der Waals surface area contributed by atoms with Crippen LogP contribution < -0.4 is 0 Å². The molecule has 0 bridgehead atoms. The molecule has 0 N–H and O–H groups in total. The van der Waals surface area contributed by atoms with Crippen molar-refractivity contribution in [3.05, 3.63) is 17.5 Å². The van der Waals surface area contributed by atoms with Crippen LogP contribution in [0.15, 0.2) is 6.20 Å². The van der Waals surface area contributed by atoms with Crippen LogP contribution in [0.25, 0.3) is 0 Å². The first-order valence-electron chi connectivity index (χ1n) is 8.24. The lowest BCUT2D eigenvalue weighted by Crippen LogP contribution is -2.46. The van der Waals surface area contributed by atoms with Gasteiger partial charge in [-0.1, -0.05) is 0 Å². The third-order valence-electron chi connectivity index (χ3n) is 5.33. The predicted molar refractivity (Wildman–Crippen MR) is 81.5 cm³/mol. The molecule has 1 aromatic heterocycles. The normalized spacial score (nSPS) is 25.0. The summed E-state index contributed by atoms with van der Waals surface area (Å²) in [4.78, 5) is 15.8. The number of aromatic nitrogens is 2. The van der Waals surface area contributed by atoms with Gasteiger partial charge in [-0.25, -0.2) is 4.79 Å². The molecule has 3 aliphatic rings. The fourth-order valence-electron chi connectivity index (χ4n) is 3.91. The van der Waals surface area contributed by atoms with E-state index in [4.69, 9.17) is 4.74 Å². The number of likely N-dealkylation sites (tertiary alicyclic amines) is 1. The summed E-state index contributed by atoms with van der Waals surface area (Å²) in [5, 5.41) is 4.45. The van der Waals surface area contributed by atoms with E-state index in [0.717, 1.165) is 44.9 Å². The first-order valence-corrected chi connectivity index (χ1v) is 8.24. The van der Waals surface area contributed by atoms with Gasteiger partial charge in [0.15, 0.2) is 0 Å². The van der Waals surface area contributed by atoms with Crippen LogP contribution >= 0.6 is 0 Å². The summed E-state index contributed by atoms with van der Waals surface area (Å²) >= 11 is 0. The Morgan fingerprint density at radius 3 is 2.64 bits per heavy atom. The van der Waals surface area contributed by atoms with Gasteiger partial charge in [0.1, 0.15) is 5.60 Å². The molecule has 0 unspecified atom stereocenters. The van der Waals surface area contributed by atoms with Crippen molar-refractivity contribution in [3.63, 3.8) is 0 Å². The van der Waals surface area contributed by atoms with Gasteiger partial charge in [-0.3, -0.25) is 9.58 Å². The van der Waals surface area contributed by atoms with Crippen molar-refractivity contribution in [2.24, 2.45) is 7.05 Å². The number of carbonyl (C=O) groups excluding carboxylic acids is 1. The molecule has 2 saturated heterocycles. The summed E-state index contributed by atoms with van der Waals surface area (Å²) in [5.41, 5.74) is 2.56. The maximum Gasteiger partial charge on any atom is 0.410 e. The zero-order valence-corrected chi connectivity index (χ0v) is 13.4. The number of rotatable bonds is 3. The van der Waals surface area contributed by atoms with Crippen molar-refractivity contribution in [1.29, 1.82) is 0 Å². The lowest BCUT2D eigenvalue weighted by Gasteiger charge is -2.37. The highest BCUT2D eigenvalue weighted by atomic mass is 16.6. The summed E-state index contributed by atoms with van der Waals surface area (Å²) in [7, 11) is 3.87. The van der Waals surface area contributed by atoms with Crippen LogP contribution in [0.4, 0.5) is 4.79 Å². The number of ether oxygens (including phenoxy) is 1. The minimum atomic E-state index is -0.239. The largest absolute Gasteiger partial charge is 0.441 e. The predicted octanol–water partition coefficient (Wildman–Crippen LogP) is 1.71. The van der Waals surface area contributed by atoms with Gasteiger partial charge < -0.3 is 9.64 Å². The molecule has 1 spiro atoms. The zero-order valence-electron chi connectivity index (χ0n) is 13.4. The molecule has 0 radical (unpaired) electrons. The SMILES string of the molecule is CN1CC2(CCN(Cc3cnn(C)c3C3CC3)CC2)OC1=O. The monoisotopic (exact) mass is 304 g/mol. The molecule has 2 aliphatic heterocycles. The summed E-state index contributed by atoms with van der Waals surface area (Å²) < 4.78 is 7.67. The van der Waals surface area contributed by atoms with E-state index in [1.54, 1.807) is 4.90 Å². The number of nitrogens with zero attached hydrogens (tertiary/aromatic N) is 4. The number of hydrogen-bond donors (Lipinski definition) is 0. The van der Waals surface area contributed by atoms with Crippen molar-refractivity contribution in [1.82, 2.24) is 19.6 Å². The highest BCUT2D eigenvalue weighted by molar-refractivity contribution is 5.70. The number of carbonyl (C=O) groups is 1. The van der Waals surface area contributed by atoms with Gasteiger partial charge in [0.2, 0.25) is 0 Å². The highest BCUT2D eigenvalue weighted by Gasteiger charge is 2.45. The Morgan fingerprint density at radius 1 is 1.32 bits per heavy atom. The molecule has 6 nitrogen and oxygen atoms in total. The molecule has 1 aliphatic carbocycles. The Kier molecular flexibility index (Phi) is 3.18. The van der Waals surface area contributed by atoms with Crippen LogP contribution in [0.3, 0.4) is 0 Å². The van der Waals surface area contributed by atoms with Gasteiger partial charge in [-0.15, -0.1) is 0 Å². The number of hydrogen-bond acceptors (Lipinski definition) is 4. The maximum atomic E-state index is 11.6. The second-order valence-electron chi connectivity index (χ2n) is 7.14. The van der Waals surface area contributed by atoms with Crippen LogP contribution in [-0.2, 0) is 18.3 Å². The molecule has 3 heterocycles. The van der Waals surface area contributed by atoms with E-state index in [9.17, 15) is 4.79 Å². The van der Waals surface area contributed by atoms with E-state index in [1.165, 1.54) is 24.1 Å². The number of amides is 1. The lowest BCUT2D eigenvalue weighted by atomic mass is 9.91. The van der Waals surface area contributed by atoms with Crippen LogP contribution in [-0.4, -0.2) is 58.0 Å². The van der Waals surface area contributed by atoms with E-state index in [2.05, 4.69) is 17.0 Å². The molecular formula is C16H24N4O2. The van der Waals surface area contributed by atoms with Crippen molar-refractivity contribution < 1.29 is 9.53 Å². The highest BCUT2D eigenvalue weighted by Crippen LogP contribution is 2.42. The Hall–Kier alpha value is -1.56. The van der Waals surface area contributed by atoms with Crippen LogP contribution in [0.5, 0.6) is 0 Å².